The molecule has 0 radical (unpaired) electrons. The van der Waals surface area contributed by atoms with Crippen LogP contribution in [0, 0.1) is 5.92 Å². The van der Waals surface area contributed by atoms with Crippen molar-refractivity contribution in [3.63, 3.8) is 0 Å². The summed E-state index contributed by atoms with van der Waals surface area (Å²) in [6.07, 6.45) is 9.60. The van der Waals surface area contributed by atoms with Crippen LogP contribution in [-0.2, 0) is 11.2 Å². The highest BCUT2D eigenvalue weighted by Gasteiger charge is 2.10. The van der Waals surface area contributed by atoms with Crippen LogP contribution in [0.5, 0.6) is 0 Å². The van der Waals surface area contributed by atoms with Gasteiger partial charge < -0.3 is 4.74 Å². The summed E-state index contributed by atoms with van der Waals surface area (Å²) in [6, 6.07) is 16.3. The Balaban J connectivity index is 2.29. The minimum atomic E-state index is -0.282. The van der Waals surface area contributed by atoms with E-state index in [1.165, 1.54) is 28.7 Å². The molecule has 0 N–H and O–H groups in total. The molecule has 1 atom stereocenters. The number of hydrogen-bond donors (Lipinski definition) is 0. The predicted molar refractivity (Wildman–Crippen MR) is 114 cm³/mol. The Morgan fingerprint density at radius 1 is 1.15 bits per heavy atom. The number of hydrogen-bond acceptors (Lipinski definition) is 2. The average Bonchev–Trinajstić information content (AvgIpc) is 2.70. The van der Waals surface area contributed by atoms with E-state index in [1.807, 2.05) is 12.1 Å². The van der Waals surface area contributed by atoms with Gasteiger partial charge >= 0.3 is 5.97 Å². The zero-order valence-corrected chi connectivity index (χ0v) is 16.9. The number of benzene rings is 2. The molecule has 0 spiro atoms. The van der Waals surface area contributed by atoms with Crippen molar-refractivity contribution >= 4 is 17.6 Å². The van der Waals surface area contributed by atoms with Gasteiger partial charge in [-0.3, -0.25) is 0 Å². The van der Waals surface area contributed by atoms with E-state index in [1.54, 1.807) is 6.07 Å². The summed E-state index contributed by atoms with van der Waals surface area (Å²) in [5.41, 5.74) is 3.14. The second-order valence-corrected chi connectivity index (χ2v) is 6.92. The molecule has 0 fully saturated rings. The van der Waals surface area contributed by atoms with E-state index < -0.39 is 0 Å². The average molecular weight is 363 g/mol. The fourth-order valence-electron chi connectivity index (χ4n) is 3.36. The van der Waals surface area contributed by atoms with E-state index in [2.05, 4.69) is 69.3 Å². The van der Waals surface area contributed by atoms with Crippen LogP contribution in [-0.4, -0.2) is 13.1 Å². The topological polar surface area (TPSA) is 26.3 Å². The second kappa shape index (κ2) is 10.5. The molecule has 0 aliphatic rings. The molecule has 0 saturated heterocycles. The lowest BCUT2D eigenvalue weighted by molar-refractivity contribution is 0.0600. The van der Waals surface area contributed by atoms with Gasteiger partial charge in [-0.15, -0.1) is 0 Å². The van der Waals surface area contributed by atoms with Gasteiger partial charge in [-0.05, 0) is 65.8 Å². The summed E-state index contributed by atoms with van der Waals surface area (Å²) < 4.78 is 4.83. The summed E-state index contributed by atoms with van der Waals surface area (Å²) in [4.78, 5) is 11.8. The number of allylic oxidation sites excluding steroid dienone is 2. The molecule has 0 bridgehead atoms. The molecular formula is C25H30O2. The van der Waals surface area contributed by atoms with E-state index in [9.17, 15) is 4.79 Å². The number of esters is 1. The first-order valence-electron chi connectivity index (χ1n) is 9.67. The third kappa shape index (κ3) is 5.96. The van der Waals surface area contributed by atoms with Crippen molar-refractivity contribution < 1.29 is 9.53 Å². The maximum absolute atomic E-state index is 11.8. The van der Waals surface area contributed by atoms with Crippen molar-refractivity contribution in [2.24, 2.45) is 5.92 Å². The molecular weight excluding hydrogens is 332 g/mol. The highest BCUT2D eigenvalue weighted by molar-refractivity contribution is 5.89. The molecule has 0 saturated carbocycles. The van der Waals surface area contributed by atoms with Crippen molar-refractivity contribution in [3.8, 4) is 0 Å². The normalized spacial score (nSPS) is 14.3. The Bertz CT molecular complexity index is 906. The highest BCUT2D eigenvalue weighted by Crippen LogP contribution is 2.19. The summed E-state index contributed by atoms with van der Waals surface area (Å²) in [6.45, 7) is 6.51. The molecule has 2 heteroatoms. The molecule has 2 aromatic carbocycles. The molecule has 1 unspecified atom stereocenters. The van der Waals surface area contributed by atoms with Crippen LogP contribution in [0.3, 0.4) is 0 Å². The molecule has 0 aliphatic heterocycles. The van der Waals surface area contributed by atoms with Gasteiger partial charge in [0.25, 0.3) is 0 Å². The van der Waals surface area contributed by atoms with Gasteiger partial charge in [-0.2, -0.15) is 0 Å². The van der Waals surface area contributed by atoms with E-state index in [0.29, 0.717) is 11.5 Å². The first kappa shape index (κ1) is 20.7. The van der Waals surface area contributed by atoms with Crippen molar-refractivity contribution in [3.05, 3.63) is 82.2 Å². The monoisotopic (exact) mass is 362 g/mol. The SMILES string of the molecule is C/C=c1/cccc/c1=C(/C=C/CC)CC(C)Cc1cccc(C(=O)OC)c1. The summed E-state index contributed by atoms with van der Waals surface area (Å²) in [7, 11) is 1.42. The highest BCUT2D eigenvalue weighted by atomic mass is 16.5. The van der Waals surface area contributed by atoms with Crippen molar-refractivity contribution in [2.75, 3.05) is 7.11 Å². The van der Waals surface area contributed by atoms with Crippen LogP contribution < -0.4 is 10.4 Å². The van der Waals surface area contributed by atoms with E-state index in [0.717, 1.165) is 19.3 Å². The minimum Gasteiger partial charge on any atom is -0.465 e. The molecule has 0 amide bonds. The Morgan fingerprint density at radius 3 is 2.63 bits per heavy atom. The molecule has 0 aromatic heterocycles. The first-order chi connectivity index (χ1) is 13.1. The standard InChI is InChI=1S/C25H30O2/c1-5-7-12-22(24-15-9-8-13-21(24)6-2)17-19(3)16-20-11-10-14-23(18-20)25(26)27-4/h6-15,18-19H,5,16-17H2,1-4H3/b12-7+,21-6-,24-22+. The smallest absolute Gasteiger partial charge is 0.337 e. The Hall–Kier alpha value is -2.61. The molecule has 2 rings (SSSR count). The van der Waals surface area contributed by atoms with Crippen molar-refractivity contribution in [1.82, 2.24) is 0 Å². The Kier molecular flexibility index (Phi) is 8.06. The minimum absolute atomic E-state index is 0.282. The number of rotatable bonds is 7. The number of ether oxygens (including phenoxy) is 1. The number of methoxy groups -OCH3 is 1. The largest absolute Gasteiger partial charge is 0.465 e. The van der Waals surface area contributed by atoms with Gasteiger partial charge in [0.15, 0.2) is 0 Å². The van der Waals surface area contributed by atoms with Gasteiger partial charge in [0.2, 0.25) is 0 Å². The van der Waals surface area contributed by atoms with Crippen LogP contribution in [0.25, 0.3) is 11.6 Å². The number of carbonyl (C=O) groups is 1. The predicted octanol–water partition coefficient (Wildman–Crippen LogP) is 4.66. The molecule has 142 valence electrons. The summed E-state index contributed by atoms with van der Waals surface area (Å²) in [5, 5.41) is 2.58. The lowest BCUT2D eigenvalue weighted by Crippen LogP contribution is -2.26. The molecule has 2 aromatic rings. The second-order valence-electron chi connectivity index (χ2n) is 6.92. The fourth-order valence-corrected chi connectivity index (χ4v) is 3.36. The molecule has 0 aliphatic carbocycles. The van der Waals surface area contributed by atoms with Crippen molar-refractivity contribution in [2.45, 2.75) is 40.0 Å². The van der Waals surface area contributed by atoms with Gasteiger partial charge in [0, 0.05) is 0 Å². The number of carbonyl (C=O) groups excluding carboxylic acids is 1. The maximum Gasteiger partial charge on any atom is 0.337 e. The fraction of sp³-hybridized carbons (Fsp3) is 0.320. The van der Waals surface area contributed by atoms with E-state index >= 15 is 0 Å². The molecule has 2 nitrogen and oxygen atoms in total. The zero-order valence-electron chi connectivity index (χ0n) is 16.9. The Labute approximate surface area is 162 Å². The van der Waals surface area contributed by atoms with Crippen LogP contribution in [0.4, 0.5) is 0 Å². The van der Waals surface area contributed by atoms with E-state index in [4.69, 9.17) is 4.74 Å². The summed E-state index contributed by atoms with van der Waals surface area (Å²) >= 11 is 0. The molecule has 0 heterocycles. The third-order valence-electron chi connectivity index (χ3n) is 4.67. The molecule has 27 heavy (non-hydrogen) atoms. The van der Waals surface area contributed by atoms with E-state index in [-0.39, 0.29) is 5.97 Å². The Morgan fingerprint density at radius 2 is 1.93 bits per heavy atom. The van der Waals surface area contributed by atoms with Crippen LogP contribution >= 0.6 is 0 Å². The van der Waals surface area contributed by atoms with Gasteiger partial charge in [-0.25, -0.2) is 4.79 Å². The van der Waals surface area contributed by atoms with Crippen LogP contribution in [0.2, 0.25) is 0 Å². The van der Waals surface area contributed by atoms with Crippen LogP contribution in [0.1, 0.15) is 49.5 Å². The zero-order chi connectivity index (χ0) is 19.6. The summed E-state index contributed by atoms with van der Waals surface area (Å²) in [5.74, 6) is 0.175. The first-order valence-corrected chi connectivity index (χ1v) is 9.67. The maximum atomic E-state index is 11.8. The van der Waals surface area contributed by atoms with Gasteiger partial charge in [-0.1, -0.05) is 68.5 Å². The lowest BCUT2D eigenvalue weighted by atomic mass is 9.92. The third-order valence-corrected chi connectivity index (χ3v) is 4.67. The quantitative estimate of drug-likeness (QED) is 0.670. The van der Waals surface area contributed by atoms with Crippen LogP contribution in [0.15, 0.2) is 60.7 Å². The lowest BCUT2D eigenvalue weighted by Gasteiger charge is -2.14. The van der Waals surface area contributed by atoms with Gasteiger partial charge in [0.05, 0.1) is 12.7 Å². The van der Waals surface area contributed by atoms with Crippen molar-refractivity contribution in [1.29, 1.82) is 0 Å². The van der Waals surface area contributed by atoms with Gasteiger partial charge in [0.1, 0.15) is 0 Å².